The molecule has 0 saturated heterocycles. The first-order chi connectivity index (χ1) is 14.0. The van der Waals surface area contributed by atoms with Crippen LogP contribution in [0.5, 0.6) is 0 Å². The van der Waals surface area contributed by atoms with Crippen LogP contribution in [0.4, 0.5) is 10.1 Å². The monoisotopic (exact) mass is 445 g/mol. The Morgan fingerprint density at radius 3 is 2.83 bits per heavy atom. The van der Waals surface area contributed by atoms with Gasteiger partial charge in [0.05, 0.1) is 17.0 Å². The molecule has 9 heteroatoms. The number of halogens is 2. The van der Waals surface area contributed by atoms with Crippen LogP contribution in [0.2, 0.25) is 5.02 Å². The van der Waals surface area contributed by atoms with E-state index in [1.165, 1.54) is 28.0 Å². The predicted molar refractivity (Wildman–Crippen MR) is 116 cm³/mol. The second kappa shape index (κ2) is 8.36. The normalized spacial score (nSPS) is 11.0. The number of fused-ring (bicyclic) bond motifs is 1. The molecule has 146 valence electrons. The van der Waals surface area contributed by atoms with E-state index in [2.05, 4.69) is 10.3 Å². The Hall–Kier alpha value is -2.68. The summed E-state index contributed by atoms with van der Waals surface area (Å²) < 4.78 is 16.0. The summed E-state index contributed by atoms with van der Waals surface area (Å²) in [5.41, 5.74) is 0.812. The van der Waals surface area contributed by atoms with Crippen molar-refractivity contribution >= 4 is 56.5 Å². The Balaban J connectivity index is 1.66. The average molecular weight is 446 g/mol. The highest BCUT2D eigenvalue weighted by atomic mass is 35.5. The fourth-order valence-corrected chi connectivity index (χ4v) is 4.48. The minimum absolute atomic E-state index is 0.0109. The van der Waals surface area contributed by atoms with Crippen molar-refractivity contribution in [3.05, 3.63) is 81.2 Å². The Labute approximate surface area is 178 Å². The second-order valence-electron chi connectivity index (χ2n) is 5.97. The number of carbonyl (C=O) groups excluding carboxylic acids is 1. The molecule has 0 unspecified atom stereocenters. The van der Waals surface area contributed by atoms with Crippen molar-refractivity contribution in [1.29, 1.82) is 0 Å². The van der Waals surface area contributed by atoms with Crippen molar-refractivity contribution in [2.75, 3.05) is 11.1 Å². The van der Waals surface area contributed by atoms with Crippen molar-refractivity contribution in [1.82, 2.24) is 9.55 Å². The van der Waals surface area contributed by atoms with Gasteiger partial charge in [-0.15, -0.1) is 11.3 Å². The first-order valence-corrected chi connectivity index (χ1v) is 10.7. The van der Waals surface area contributed by atoms with E-state index in [4.69, 9.17) is 11.6 Å². The highest BCUT2D eigenvalue weighted by molar-refractivity contribution is 7.99. The fraction of sp³-hybridized carbons (Fsp3) is 0.0500. The Bertz CT molecular complexity index is 1270. The van der Waals surface area contributed by atoms with E-state index in [1.54, 1.807) is 47.8 Å². The largest absolute Gasteiger partial charge is 0.325 e. The summed E-state index contributed by atoms with van der Waals surface area (Å²) in [6.45, 7) is 0. The molecular formula is C20H13ClFN3O2S2. The molecule has 4 rings (SSSR count). The number of thioether (sulfide) groups is 1. The molecule has 2 aromatic heterocycles. The molecule has 0 aliphatic rings. The van der Waals surface area contributed by atoms with Gasteiger partial charge in [-0.05, 0) is 41.8 Å². The molecule has 0 bridgehead atoms. The third-order valence-electron chi connectivity index (χ3n) is 3.98. The highest BCUT2D eigenvalue weighted by Crippen LogP contribution is 2.25. The van der Waals surface area contributed by atoms with E-state index in [0.717, 1.165) is 11.8 Å². The van der Waals surface area contributed by atoms with Crippen molar-refractivity contribution in [2.45, 2.75) is 5.16 Å². The number of hydrogen-bond acceptors (Lipinski definition) is 5. The number of para-hydroxylation sites is 1. The molecule has 29 heavy (non-hydrogen) atoms. The van der Waals surface area contributed by atoms with Crippen molar-refractivity contribution < 1.29 is 9.18 Å². The topological polar surface area (TPSA) is 64.0 Å². The lowest BCUT2D eigenvalue weighted by atomic mass is 10.3. The minimum atomic E-state index is -0.544. The molecule has 0 spiro atoms. The van der Waals surface area contributed by atoms with Crippen LogP contribution in [-0.4, -0.2) is 21.2 Å². The van der Waals surface area contributed by atoms with Gasteiger partial charge in [0.25, 0.3) is 5.56 Å². The summed E-state index contributed by atoms with van der Waals surface area (Å²) in [6.07, 6.45) is 0. The van der Waals surface area contributed by atoms with Crippen LogP contribution in [0.3, 0.4) is 0 Å². The Morgan fingerprint density at radius 1 is 1.21 bits per heavy atom. The summed E-state index contributed by atoms with van der Waals surface area (Å²) in [4.78, 5) is 29.8. The lowest BCUT2D eigenvalue weighted by Crippen LogP contribution is -2.23. The van der Waals surface area contributed by atoms with Crippen LogP contribution in [0.25, 0.3) is 15.9 Å². The number of nitrogens with zero attached hydrogens (tertiary/aromatic N) is 2. The maximum Gasteiger partial charge on any atom is 0.276 e. The number of anilines is 1. The third kappa shape index (κ3) is 4.19. The molecule has 1 N–H and O–H groups in total. The van der Waals surface area contributed by atoms with Crippen molar-refractivity contribution in [2.24, 2.45) is 0 Å². The van der Waals surface area contributed by atoms with E-state index >= 15 is 0 Å². The molecule has 0 atom stereocenters. The Kier molecular flexibility index (Phi) is 5.66. The minimum Gasteiger partial charge on any atom is -0.325 e. The lowest BCUT2D eigenvalue weighted by Gasteiger charge is -2.12. The first kappa shape index (κ1) is 19.6. The maximum absolute atomic E-state index is 14.4. The number of aromatic nitrogens is 2. The van der Waals surface area contributed by atoms with E-state index in [-0.39, 0.29) is 28.1 Å². The van der Waals surface area contributed by atoms with Gasteiger partial charge in [-0.2, -0.15) is 0 Å². The molecule has 0 saturated carbocycles. The van der Waals surface area contributed by atoms with Gasteiger partial charge in [0.1, 0.15) is 10.5 Å². The summed E-state index contributed by atoms with van der Waals surface area (Å²) in [7, 11) is 0. The number of nitrogens with one attached hydrogen (secondary N) is 1. The summed E-state index contributed by atoms with van der Waals surface area (Å²) in [5.74, 6) is -0.849. The lowest BCUT2D eigenvalue weighted by molar-refractivity contribution is -0.113. The van der Waals surface area contributed by atoms with Gasteiger partial charge in [0.15, 0.2) is 5.16 Å². The molecule has 0 aliphatic heterocycles. The van der Waals surface area contributed by atoms with Gasteiger partial charge in [0, 0.05) is 10.7 Å². The predicted octanol–water partition coefficient (Wildman–Crippen LogP) is 4.97. The smallest absolute Gasteiger partial charge is 0.276 e. The van der Waals surface area contributed by atoms with Crippen LogP contribution in [0, 0.1) is 5.82 Å². The fourth-order valence-electron chi connectivity index (χ4n) is 2.73. The Morgan fingerprint density at radius 2 is 2.03 bits per heavy atom. The van der Waals surface area contributed by atoms with Crippen molar-refractivity contribution in [3.8, 4) is 5.69 Å². The van der Waals surface area contributed by atoms with Gasteiger partial charge in [-0.3, -0.25) is 14.2 Å². The molecule has 0 radical (unpaired) electrons. The van der Waals surface area contributed by atoms with Crippen LogP contribution in [-0.2, 0) is 4.79 Å². The van der Waals surface area contributed by atoms with E-state index in [0.29, 0.717) is 20.9 Å². The molecule has 5 nitrogen and oxygen atoms in total. The second-order valence-corrected chi connectivity index (χ2v) is 8.26. The van der Waals surface area contributed by atoms with Gasteiger partial charge < -0.3 is 5.32 Å². The van der Waals surface area contributed by atoms with Gasteiger partial charge in [-0.1, -0.05) is 41.6 Å². The maximum atomic E-state index is 14.4. The van der Waals surface area contributed by atoms with Crippen LogP contribution in [0.1, 0.15) is 0 Å². The molecule has 1 amide bonds. The zero-order chi connectivity index (χ0) is 20.4. The molecule has 0 aliphatic carbocycles. The van der Waals surface area contributed by atoms with Crippen LogP contribution >= 0.6 is 34.7 Å². The number of rotatable bonds is 5. The van der Waals surface area contributed by atoms with Crippen LogP contribution in [0.15, 0.2) is 69.9 Å². The average Bonchev–Trinajstić information content (AvgIpc) is 3.16. The van der Waals surface area contributed by atoms with Crippen LogP contribution < -0.4 is 10.9 Å². The van der Waals surface area contributed by atoms with E-state index in [1.807, 2.05) is 0 Å². The van der Waals surface area contributed by atoms with E-state index in [9.17, 15) is 14.0 Å². The zero-order valence-corrected chi connectivity index (χ0v) is 17.2. The number of hydrogen-bond donors (Lipinski definition) is 1. The quantitative estimate of drug-likeness (QED) is 0.348. The third-order valence-corrected chi connectivity index (χ3v) is 6.05. The van der Waals surface area contributed by atoms with Gasteiger partial charge in [0.2, 0.25) is 5.91 Å². The number of benzene rings is 2. The molecule has 4 aromatic rings. The first-order valence-electron chi connectivity index (χ1n) is 8.46. The number of carbonyl (C=O) groups is 1. The van der Waals surface area contributed by atoms with Crippen molar-refractivity contribution in [3.63, 3.8) is 0 Å². The zero-order valence-electron chi connectivity index (χ0n) is 14.8. The SMILES string of the molecule is O=C(CSc1nc2ccsc2c(=O)n1-c1ccccc1F)Nc1cccc(Cl)c1. The highest BCUT2D eigenvalue weighted by Gasteiger charge is 2.17. The number of thiophene rings is 1. The molecule has 2 aromatic carbocycles. The summed E-state index contributed by atoms with van der Waals surface area (Å²) in [5, 5.41) is 5.24. The summed E-state index contributed by atoms with van der Waals surface area (Å²) >= 11 is 8.23. The molecule has 0 fully saturated rings. The summed E-state index contributed by atoms with van der Waals surface area (Å²) in [6, 6.07) is 14.5. The number of amides is 1. The standard InChI is InChI=1S/C20H13ClFN3O2S2/c21-12-4-3-5-13(10-12)23-17(26)11-29-20-24-15-8-9-28-18(15)19(27)25(20)16-7-2-1-6-14(16)22/h1-10H,11H2,(H,23,26). The van der Waals surface area contributed by atoms with E-state index < -0.39 is 5.82 Å². The molecular weight excluding hydrogens is 433 g/mol. The van der Waals surface area contributed by atoms with Gasteiger partial charge in [-0.25, -0.2) is 9.37 Å². The molecule has 2 heterocycles. The van der Waals surface area contributed by atoms with Gasteiger partial charge >= 0.3 is 0 Å².